The van der Waals surface area contributed by atoms with Crippen molar-refractivity contribution in [3.63, 3.8) is 0 Å². The lowest BCUT2D eigenvalue weighted by molar-refractivity contribution is 0.581. The normalized spacial score (nSPS) is 23.3. The summed E-state index contributed by atoms with van der Waals surface area (Å²) in [6.07, 6.45) is 0. The molecular formula is C8H10BrNS. The molecule has 1 aromatic rings. The van der Waals surface area contributed by atoms with Crippen LogP contribution in [-0.4, -0.2) is 6.54 Å². The number of fused-ring (bicyclic) bond motifs is 1. The third-order valence-corrected chi connectivity index (χ3v) is 3.94. The smallest absolute Gasteiger partial charge is 0.0704 e. The molecule has 0 aliphatic carbocycles. The van der Waals surface area contributed by atoms with Gasteiger partial charge in [0.25, 0.3) is 0 Å². The number of thiophene rings is 1. The molecular weight excluding hydrogens is 222 g/mol. The monoisotopic (exact) mass is 231 g/mol. The second kappa shape index (κ2) is 2.88. The van der Waals surface area contributed by atoms with Crippen molar-refractivity contribution in [2.45, 2.75) is 19.4 Å². The van der Waals surface area contributed by atoms with Crippen molar-refractivity contribution in [2.24, 2.45) is 0 Å². The summed E-state index contributed by atoms with van der Waals surface area (Å²) in [6, 6.07) is 2.22. The van der Waals surface area contributed by atoms with E-state index in [-0.39, 0.29) is 0 Å². The van der Waals surface area contributed by atoms with Crippen LogP contribution in [0.3, 0.4) is 0 Å². The summed E-state index contributed by atoms with van der Waals surface area (Å²) < 4.78 is 1.26. The van der Waals surface area contributed by atoms with E-state index in [0.29, 0.717) is 5.92 Å². The van der Waals surface area contributed by atoms with Gasteiger partial charge in [0.2, 0.25) is 0 Å². The summed E-state index contributed by atoms with van der Waals surface area (Å²) in [5, 5.41) is 3.39. The zero-order valence-electron chi connectivity index (χ0n) is 6.36. The van der Waals surface area contributed by atoms with Gasteiger partial charge >= 0.3 is 0 Å². The van der Waals surface area contributed by atoms with E-state index in [9.17, 15) is 0 Å². The van der Waals surface area contributed by atoms with Crippen molar-refractivity contribution in [1.82, 2.24) is 5.32 Å². The fourth-order valence-corrected chi connectivity index (χ4v) is 3.24. The van der Waals surface area contributed by atoms with Gasteiger partial charge in [-0.3, -0.25) is 0 Å². The molecule has 0 spiro atoms. The zero-order valence-corrected chi connectivity index (χ0v) is 8.76. The predicted octanol–water partition coefficient (Wildman–Crippen LogP) is 2.72. The van der Waals surface area contributed by atoms with Crippen LogP contribution in [0.1, 0.15) is 23.3 Å². The molecule has 2 rings (SSSR count). The van der Waals surface area contributed by atoms with Crippen LogP contribution in [0.25, 0.3) is 0 Å². The maximum Gasteiger partial charge on any atom is 0.0704 e. The Balaban J connectivity index is 2.43. The molecule has 2 heterocycles. The van der Waals surface area contributed by atoms with Gasteiger partial charge < -0.3 is 5.32 Å². The lowest BCUT2D eigenvalue weighted by Gasteiger charge is -2.18. The fourth-order valence-electron chi connectivity index (χ4n) is 1.48. The van der Waals surface area contributed by atoms with Crippen molar-refractivity contribution in [1.29, 1.82) is 0 Å². The Morgan fingerprint density at radius 2 is 2.55 bits per heavy atom. The van der Waals surface area contributed by atoms with Crippen LogP contribution >= 0.6 is 27.3 Å². The van der Waals surface area contributed by atoms with Crippen LogP contribution in [0.2, 0.25) is 0 Å². The number of rotatable bonds is 0. The van der Waals surface area contributed by atoms with Crippen molar-refractivity contribution in [3.05, 3.63) is 20.3 Å². The number of hydrogen-bond acceptors (Lipinski definition) is 2. The maximum atomic E-state index is 3.51. The van der Waals surface area contributed by atoms with Gasteiger partial charge in [-0.25, -0.2) is 0 Å². The van der Waals surface area contributed by atoms with Crippen molar-refractivity contribution in [3.8, 4) is 0 Å². The molecule has 0 amide bonds. The Bertz CT molecular complexity index is 269. The Kier molecular flexibility index (Phi) is 2.04. The first-order valence-corrected chi connectivity index (χ1v) is 5.37. The van der Waals surface area contributed by atoms with Crippen LogP contribution in [0.4, 0.5) is 0 Å². The van der Waals surface area contributed by atoms with Gasteiger partial charge in [-0.15, -0.1) is 11.3 Å². The van der Waals surface area contributed by atoms with Crippen molar-refractivity contribution in [2.75, 3.05) is 6.54 Å². The molecule has 1 aliphatic rings. The molecule has 3 heteroatoms. The molecule has 0 aromatic carbocycles. The molecule has 0 saturated carbocycles. The summed E-state index contributed by atoms with van der Waals surface area (Å²) in [5.74, 6) is 0.690. The lowest BCUT2D eigenvalue weighted by Crippen LogP contribution is -2.24. The Morgan fingerprint density at radius 1 is 1.73 bits per heavy atom. The molecule has 0 radical (unpaired) electrons. The topological polar surface area (TPSA) is 12.0 Å². The predicted molar refractivity (Wildman–Crippen MR) is 52.1 cm³/mol. The third-order valence-electron chi connectivity index (χ3n) is 2.03. The first-order valence-electron chi connectivity index (χ1n) is 3.76. The molecule has 1 aliphatic heterocycles. The average Bonchev–Trinajstić information content (AvgIpc) is 2.31. The summed E-state index contributed by atoms with van der Waals surface area (Å²) in [6.45, 7) is 4.44. The Morgan fingerprint density at radius 3 is 3.27 bits per heavy atom. The third kappa shape index (κ3) is 1.37. The summed E-state index contributed by atoms with van der Waals surface area (Å²) in [5.41, 5.74) is 1.47. The minimum absolute atomic E-state index is 0.690. The van der Waals surface area contributed by atoms with Gasteiger partial charge in [0.05, 0.1) is 3.79 Å². The van der Waals surface area contributed by atoms with E-state index < -0.39 is 0 Å². The number of hydrogen-bond donors (Lipinski definition) is 1. The van der Waals surface area contributed by atoms with Gasteiger partial charge in [0.15, 0.2) is 0 Å². The van der Waals surface area contributed by atoms with E-state index in [1.54, 1.807) is 4.88 Å². The van der Waals surface area contributed by atoms with Gasteiger partial charge in [0, 0.05) is 23.9 Å². The minimum atomic E-state index is 0.690. The largest absolute Gasteiger partial charge is 0.312 e. The molecule has 1 unspecified atom stereocenters. The molecule has 1 nitrogen and oxygen atoms in total. The van der Waals surface area contributed by atoms with Crippen LogP contribution in [-0.2, 0) is 6.54 Å². The molecule has 1 atom stereocenters. The highest BCUT2D eigenvalue weighted by Gasteiger charge is 2.18. The van der Waals surface area contributed by atoms with Gasteiger partial charge in [-0.1, -0.05) is 6.92 Å². The summed E-state index contributed by atoms with van der Waals surface area (Å²) in [4.78, 5) is 1.55. The first kappa shape index (κ1) is 7.77. The maximum absolute atomic E-state index is 3.51. The second-order valence-electron chi connectivity index (χ2n) is 2.97. The highest BCUT2D eigenvalue weighted by atomic mass is 79.9. The molecule has 1 N–H and O–H groups in total. The number of halogens is 1. The van der Waals surface area contributed by atoms with Gasteiger partial charge in [-0.05, 0) is 27.6 Å². The standard InChI is InChI=1S/C8H10BrNS/c1-5-3-10-4-6-2-7(9)11-8(5)6/h2,5,10H,3-4H2,1H3. The fraction of sp³-hybridized carbons (Fsp3) is 0.500. The molecule has 0 saturated heterocycles. The van der Waals surface area contributed by atoms with E-state index in [1.165, 1.54) is 9.35 Å². The van der Waals surface area contributed by atoms with Crippen LogP contribution in [0.15, 0.2) is 9.85 Å². The molecule has 60 valence electrons. The van der Waals surface area contributed by atoms with Crippen LogP contribution in [0, 0.1) is 0 Å². The first-order chi connectivity index (χ1) is 5.27. The SMILES string of the molecule is CC1CNCc2cc(Br)sc21. The van der Waals surface area contributed by atoms with E-state index in [4.69, 9.17) is 0 Å². The van der Waals surface area contributed by atoms with Gasteiger partial charge in [0.1, 0.15) is 0 Å². The quantitative estimate of drug-likeness (QED) is 0.725. The number of nitrogens with one attached hydrogen (secondary N) is 1. The zero-order chi connectivity index (χ0) is 7.84. The van der Waals surface area contributed by atoms with Crippen molar-refractivity contribution < 1.29 is 0 Å². The highest BCUT2D eigenvalue weighted by Crippen LogP contribution is 2.34. The van der Waals surface area contributed by atoms with Crippen LogP contribution in [0.5, 0.6) is 0 Å². The van der Waals surface area contributed by atoms with E-state index >= 15 is 0 Å². The summed E-state index contributed by atoms with van der Waals surface area (Å²) in [7, 11) is 0. The minimum Gasteiger partial charge on any atom is -0.312 e. The van der Waals surface area contributed by atoms with E-state index in [2.05, 4.69) is 34.2 Å². The van der Waals surface area contributed by atoms with Crippen LogP contribution < -0.4 is 5.32 Å². The average molecular weight is 232 g/mol. The van der Waals surface area contributed by atoms with E-state index in [0.717, 1.165) is 13.1 Å². The molecule has 11 heavy (non-hydrogen) atoms. The summed E-state index contributed by atoms with van der Waals surface area (Å²) >= 11 is 5.39. The van der Waals surface area contributed by atoms with E-state index in [1.807, 2.05) is 11.3 Å². The Hall–Kier alpha value is 0.140. The van der Waals surface area contributed by atoms with Gasteiger partial charge in [-0.2, -0.15) is 0 Å². The van der Waals surface area contributed by atoms with Crippen molar-refractivity contribution >= 4 is 27.3 Å². The molecule has 1 aromatic heterocycles. The second-order valence-corrected chi connectivity index (χ2v) is 5.43. The molecule has 0 fully saturated rings. The molecule has 0 bridgehead atoms. The Labute approximate surface area is 78.9 Å². The highest BCUT2D eigenvalue weighted by molar-refractivity contribution is 9.11. The lowest BCUT2D eigenvalue weighted by atomic mass is 10.0.